The van der Waals surface area contributed by atoms with Crippen LogP contribution in [0.15, 0.2) is 48.5 Å². The van der Waals surface area contributed by atoms with E-state index in [1.54, 1.807) is 14.2 Å². The van der Waals surface area contributed by atoms with Crippen molar-refractivity contribution in [2.24, 2.45) is 0 Å². The van der Waals surface area contributed by atoms with E-state index in [-0.39, 0.29) is 0 Å². The van der Waals surface area contributed by atoms with Gasteiger partial charge in [-0.3, -0.25) is 0 Å². The zero-order valence-electron chi connectivity index (χ0n) is 17.9. The molecule has 2 aromatic carbocycles. The Hall–Kier alpha value is -2.48. The highest BCUT2D eigenvalue weighted by Gasteiger charge is 2.24. The van der Waals surface area contributed by atoms with Crippen LogP contribution in [0.2, 0.25) is 0 Å². The van der Waals surface area contributed by atoms with E-state index in [1.165, 1.54) is 4.90 Å². The van der Waals surface area contributed by atoms with E-state index in [0.717, 1.165) is 49.1 Å². The SMILES string of the molecule is COc1cccc(OCCOC[C@@H](O)C[NH+]2CCN(c3ccccc3OC)CC2)c1. The van der Waals surface area contributed by atoms with E-state index < -0.39 is 6.10 Å². The molecular formula is C23H33N2O5+. The monoisotopic (exact) mass is 417 g/mol. The molecule has 1 heterocycles. The van der Waals surface area contributed by atoms with Gasteiger partial charge in [0.1, 0.15) is 36.5 Å². The van der Waals surface area contributed by atoms with Crippen molar-refractivity contribution in [3.05, 3.63) is 48.5 Å². The molecule has 2 aromatic rings. The zero-order chi connectivity index (χ0) is 21.2. The van der Waals surface area contributed by atoms with Crippen LogP contribution in [0.25, 0.3) is 0 Å². The standard InChI is InChI=1S/C23H32N2O5/c1-27-20-6-5-7-21(16-20)30-15-14-29-18-19(26)17-24-10-12-25(13-11-24)22-8-3-4-9-23(22)28-2/h3-9,16,19,26H,10-15,17-18H2,1-2H3/p+1/t19-/m0/s1. The van der Waals surface area contributed by atoms with Gasteiger partial charge in [0.25, 0.3) is 0 Å². The number of hydrogen-bond donors (Lipinski definition) is 2. The summed E-state index contributed by atoms with van der Waals surface area (Å²) in [6, 6.07) is 15.6. The molecule has 1 aliphatic heterocycles. The number of aliphatic hydroxyl groups excluding tert-OH is 1. The minimum absolute atomic E-state index is 0.321. The lowest BCUT2D eigenvalue weighted by molar-refractivity contribution is -0.903. The quantitative estimate of drug-likeness (QED) is 0.529. The van der Waals surface area contributed by atoms with E-state index in [1.807, 2.05) is 42.5 Å². The minimum Gasteiger partial charge on any atom is -0.497 e. The maximum Gasteiger partial charge on any atom is 0.142 e. The van der Waals surface area contributed by atoms with Gasteiger partial charge in [-0.1, -0.05) is 18.2 Å². The predicted molar refractivity (Wildman–Crippen MR) is 116 cm³/mol. The van der Waals surface area contributed by atoms with Crippen LogP contribution >= 0.6 is 0 Å². The molecule has 0 unspecified atom stereocenters. The maximum absolute atomic E-state index is 10.3. The maximum atomic E-state index is 10.3. The Morgan fingerprint density at radius 1 is 0.967 bits per heavy atom. The molecule has 30 heavy (non-hydrogen) atoms. The smallest absolute Gasteiger partial charge is 0.142 e. The molecule has 1 aliphatic rings. The second-order valence-corrected chi connectivity index (χ2v) is 7.37. The summed E-state index contributed by atoms with van der Waals surface area (Å²) in [6.07, 6.45) is -0.477. The Morgan fingerprint density at radius 2 is 1.73 bits per heavy atom. The first-order chi connectivity index (χ1) is 14.7. The van der Waals surface area contributed by atoms with Crippen LogP contribution in [0.5, 0.6) is 17.2 Å². The summed E-state index contributed by atoms with van der Waals surface area (Å²) < 4.78 is 21.9. The zero-order valence-corrected chi connectivity index (χ0v) is 17.9. The summed E-state index contributed by atoms with van der Waals surface area (Å²) in [5, 5.41) is 10.3. The number of nitrogens with zero attached hydrogens (tertiary/aromatic N) is 1. The van der Waals surface area contributed by atoms with Gasteiger partial charge in [0.2, 0.25) is 0 Å². The van der Waals surface area contributed by atoms with Gasteiger partial charge in [-0.25, -0.2) is 0 Å². The first-order valence-electron chi connectivity index (χ1n) is 10.4. The molecule has 164 valence electrons. The highest BCUT2D eigenvalue weighted by molar-refractivity contribution is 5.58. The number of rotatable bonds is 11. The summed E-state index contributed by atoms with van der Waals surface area (Å²) in [7, 11) is 3.34. The molecule has 0 aliphatic carbocycles. The third-order valence-corrected chi connectivity index (χ3v) is 5.27. The van der Waals surface area contributed by atoms with Crippen LogP contribution in [0.1, 0.15) is 0 Å². The van der Waals surface area contributed by atoms with Gasteiger partial charge in [0.15, 0.2) is 0 Å². The fourth-order valence-corrected chi connectivity index (χ4v) is 3.68. The summed E-state index contributed by atoms with van der Waals surface area (Å²) in [5.41, 5.74) is 1.14. The molecule has 0 spiro atoms. The van der Waals surface area contributed by atoms with E-state index in [9.17, 15) is 5.11 Å². The average molecular weight is 418 g/mol. The molecular weight excluding hydrogens is 384 g/mol. The molecule has 0 bridgehead atoms. The van der Waals surface area contributed by atoms with Crippen molar-refractivity contribution in [2.45, 2.75) is 6.10 Å². The third-order valence-electron chi connectivity index (χ3n) is 5.27. The summed E-state index contributed by atoms with van der Waals surface area (Å²) in [6.45, 7) is 5.73. The number of para-hydroxylation sites is 2. The van der Waals surface area contributed by atoms with E-state index in [4.69, 9.17) is 18.9 Å². The molecule has 1 atom stereocenters. The molecule has 2 N–H and O–H groups in total. The number of anilines is 1. The minimum atomic E-state index is -0.477. The van der Waals surface area contributed by atoms with E-state index in [0.29, 0.717) is 26.4 Å². The van der Waals surface area contributed by atoms with Gasteiger partial charge in [0, 0.05) is 6.07 Å². The number of piperazine rings is 1. The highest BCUT2D eigenvalue weighted by atomic mass is 16.5. The van der Waals surface area contributed by atoms with E-state index >= 15 is 0 Å². The normalized spacial score (nSPS) is 15.6. The fraction of sp³-hybridized carbons (Fsp3) is 0.478. The van der Waals surface area contributed by atoms with Gasteiger partial charge in [0.05, 0.1) is 59.3 Å². The Kier molecular flexibility index (Phi) is 8.62. The van der Waals surface area contributed by atoms with Gasteiger partial charge in [-0.05, 0) is 24.3 Å². The number of nitrogens with one attached hydrogen (secondary N) is 1. The van der Waals surface area contributed by atoms with E-state index in [2.05, 4.69) is 11.0 Å². The highest BCUT2D eigenvalue weighted by Crippen LogP contribution is 2.27. The van der Waals surface area contributed by atoms with Crippen molar-refractivity contribution < 1.29 is 29.0 Å². The molecule has 0 amide bonds. The fourth-order valence-electron chi connectivity index (χ4n) is 3.68. The molecule has 0 radical (unpaired) electrons. The molecule has 1 fully saturated rings. The third kappa shape index (κ3) is 6.52. The number of methoxy groups -OCH3 is 2. The molecule has 0 saturated carbocycles. The summed E-state index contributed by atoms with van der Waals surface area (Å²) in [5.74, 6) is 2.42. The second kappa shape index (κ2) is 11.6. The van der Waals surface area contributed by atoms with Crippen LogP contribution in [0.3, 0.4) is 0 Å². The second-order valence-electron chi connectivity index (χ2n) is 7.37. The Balaban J connectivity index is 1.31. The van der Waals surface area contributed by atoms with Gasteiger partial charge < -0.3 is 33.9 Å². The van der Waals surface area contributed by atoms with Crippen LogP contribution < -0.4 is 24.0 Å². The predicted octanol–water partition coefficient (Wildman–Crippen LogP) is 0.865. The van der Waals surface area contributed by atoms with Crippen molar-refractivity contribution in [3.63, 3.8) is 0 Å². The number of benzene rings is 2. The Morgan fingerprint density at radius 3 is 2.50 bits per heavy atom. The van der Waals surface area contributed by atoms with Crippen LogP contribution in [-0.2, 0) is 4.74 Å². The molecule has 3 rings (SSSR count). The van der Waals surface area contributed by atoms with Crippen molar-refractivity contribution in [1.82, 2.24) is 0 Å². The van der Waals surface area contributed by atoms with Gasteiger partial charge in [-0.2, -0.15) is 0 Å². The summed E-state index contributed by atoms with van der Waals surface area (Å²) >= 11 is 0. The van der Waals surface area contributed by atoms with Crippen molar-refractivity contribution in [1.29, 1.82) is 0 Å². The Labute approximate surface area is 178 Å². The lowest BCUT2D eigenvalue weighted by Crippen LogP contribution is -3.16. The number of aliphatic hydroxyl groups is 1. The van der Waals surface area contributed by atoms with Crippen LogP contribution in [0, 0.1) is 0 Å². The first-order valence-corrected chi connectivity index (χ1v) is 10.4. The molecule has 7 heteroatoms. The first kappa shape index (κ1) is 22.2. The number of quaternary nitrogens is 1. The molecule has 0 aromatic heterocycles. The Bertz CT molecular complexity index is 765. The molecule has 7 nitrogen and oxygen atoms in total. The molecule has 1 saturated heterocycles. The lowest BCUT2D eigenvalue weighted by atomic mass is 10.2. The van der Waals surface area contributed by atoms with Gasteiger partial charge in [-0.15, -0.1) is 0 Å². The van der Waals surface area contributed by atoms with Crippen LogP contribution in [-0.4, -0.2) is 78.0 Å². The van der Waals surface area contributed by atoms with Crippen LogP contribution in [0.4, 0.5) is 5.69 Å². The number of ether oxygens (including phenoxy) is 4. The van der Waals surface area contributed by atoms with Gasteiger partial charge >= 0.3 is 0 Å². The van der Waals surface area contributed by atoms with Crippen molar-refractivity contribution >= 4 is 5.69 Å². The number of hydrogen-bond acceptors (Lipinski definition) is 6. The summed E-state index contributed by atoms with van der Waals surface area (Å²) in [4.78, 5) is 3.74. The average Bonchev–Trinajstić information content (AvgIpc) is 2.79. The van der Waals surface area contributed by atoms with Crippen molar-refractivity contribution in [3.8, 4) is 17.2 Å². The van der Waals surface area contributed by atoms with Crippen molar-refractivity contribution in [2.75, 3.05) is 71.7 Å². The lowest BCUT2D eigenvalue weighted by Gasteiger charge is -2.35. The largest absolute Gasteiger partial charge is 0.497 e. The topological polar surface area (TPSA) is 64.8 Å².